The van der Waals surface area contributed by atoms with E-state index in [0.717, 1.165) is 6.42 Å². The van der Waals surface area contributed by atoms with Crippen molar-refractivity contribution in [3.63, 3.8) is 0 Å². The smallest absolute Gasteiger partial charge is 0.306 e. The lowest BCUT2D eigenvalue weighted by Gasteiger charge is -2.41. The highest BCUT2D eigenvalue weighted by molar-refractivity contribution is 6.74. The van der Waals surface area contributed by atoms with E-state index in [4.69, 9.17) is 13.6 Å². The molecule has 0 radical (unpaired) electrons. The van der Waals surface area contributed by atoms with Gasteiger partial charge in [0.1, 0.15) is 6.10 Å². The maximum Gasteiger partial charge on any atom is 0.306 e. The molecule has 37 heavy (non-hydrogen) atoms. The summed E-state index contributed by atoms with van der Waals surface area (Å²) in [7, 11) is -4.00. The van der Waals surface area contributed by atoms with E-state index in [2.05, 4.69) is 118 Å². The highest BCUT2D eigenvalue weighted by Crippen LogP contribution is 2.47. The first-order chi connectivity index (χ1) is 16.8. The summed E-state index contributed by atoms with van der Waals surface area (Å²) < 4.78 is 19.8. The zero-order valence-corrected chi connectivity index (χ0v) is 27.5. The molecule has 1 saturated heterocycles. The van der Waals surface area contributed by atoms with Crippen LogP contribution in [0.4, 0.5) is 0 Å². The lowest BCUT2D eigenvalue weighted by molar-refractivity contribution is -0.141. The average Bonchev–Trinajstić information content (AvgIpc) is 3.24. The molecule has 1 aliphatic heterocycles. The van der Waals surface area contributed by atoms with Gasteiger partial charge in [-0.25, -0.2) is 0 Å². The van der Waals surface area contributed by atoms with Crippen LogP contribution in [0.5, 0.6) is 0 Å². The Labute approximate surface area is 228 Å². The SMILES string of the molecule is Cc1cccc(C(C)[C@@H](C=C[C@@H]2[C@H]3CC(=O)O[C@H]3C[C@H]2O[Si](C)(C)C(C)(C)C)O[Si](C)(C)C(C)(C)C)c1. The second kappa shape index (κ2) is 10.7. The number of carbonyl (C=O) groups excluding carboxylic acids is 1. The van der Waals surface area contributed by atoms with Crippen LogP contribution in [0, 0.1) is 18.8 Å². The van der Waals surface area contributed by atoms with Crippen LogP contribution in [0.1, 0.15) is 78.4 Å². The van der Waals surface area contributed by atoms with Gasteiger partial charge in [-0.05, 0) is 48.8 Å². The fourth-order valence-electron chi connectivity index (χ4n) is 5.05. The van der Waals surface area contributed by atoms with Gasteiger partial charge in [-0.1, -0.05) is 90.4 Å². The Kier molecular flexibility index (Phi) is 8.81. The van der Waals surface area contributed by atoms with E-state index < -0.39 is 16.6 Å². The van der Waals surface area contributed by atoms with Crippen molar-refractivity contribution in [1.82, 2.24) is 0 Å². The standard InChI is InChI=1S/C31H52O4Si2/c1-21-14-13-15-23(18-21)22(2)26(34-36(9,10)30(3,4)5)17-16-24-25-19-29(32)33-27(25)20-28(24)35-37(11,12)31(6,7)8/h13-18,22,24-28H,19-20H2,1-12H3/t22?,24-,25-,26-,27+,28-/m1/s1. The van der Waals surface area contributed by atoms with Gasteiger partial charge in [0, 0.05) is 24.2 Å². The van der Waals surface area contributed by atoms with E-state index in [1.54, 1.807) is 0 Å². The number of rotatable bonds is 8. The summed E-state index contributed by atoms with van der Waals surface area (Å²) in [6, 6.07) is 8.78. The Morgan fingerprint density at radius 2 is 1.65 bits per heavy atom. The predicted octanol–water partition coefficient (Wildman–Crippen LogP) is 8.39. The van der Waals surface area contributed by atoms with Crippen molar-refractivity contribution < 1.29 is 18.4 Å². The summed E-state index contributed by atoms with van der Waals surface area (Å²) in [5.41, 5.74) is 2.56. The zero-order valence-electron chi connectivity index (χ0n) is 25.5. The molecule has 1 saturated carbocycles. The van der Waals surface area contributed by atoms with Crippen LogP contribution in [0.2, 0.25) is 36.3 Å². The van der Waals surface area contributed by atoms with E-state index in [0.29, 0.717) is 6.42 Å². The van der Waals surface area contributed by atoms with Crippen molar-refractivity contribution in [1.29, 1.82) is 0 Å². The van der Waals surface area contributed by atoms with E-state index >= 15 is 0 Å². The minimum absolute atomic E-state index is 0.0362. The summed E-state index contributed by atoms with van der Waals surface area (Å²) in [5, 5.41) is 0.243. The number of esters is 1. The number of benzene rings is 1. The summed E-state index contributed by atoms with van der Waals surface area (Å²) >= 11 is 0. The Morgan fingerprint density at radius 1 is 1.03 bits per heavy atom. The van der Waals surface area contributed by atoms with Crippen LogP contribution in [-0.4, -0.2) is 40.9 Å². The number of hydrogen-bond acceptors (Lipinski definition) is 4. The molecule has 6 atom stereocenters. The zero-order chi connectivity index (χ0) is 28.0. The number of hydrogen-bond donors (Lipinski definition) is 0. The highest BCUT2D eigenvalue weighted by Gasteiger charge is 2.52. The maximum absolute atomic E-state index is 12.2. The third-order valence-corrected chi connectivity index (χ3v) is 18.6. The molecule has 1 heterocycles. The fourth-order valence-corrected chi connectivity index (χ4v) is 7.73. The molecular formula is C31H52O4Si2. The summed E-state index contributed by atoms with van der Waals surface area (Å²) in [5.74, 6) is 0.479. The third-order valence-electron chi connectivity index (χ3n) is 9.62. The Balaban J connectivity index is 1.95. The molecule has 2 fully saturated rings. The highest BCUT2D eigenvalue weighted by atomic mass is 28.4. The minimum Gasteiger partial charge on any atom is -0.462 e. The molecule has 208 valence electrons. The minimum atomic E-state index is -2.03. The third kappa shape index (κ3) is 6.87. The molecule has 1 aromatic rings. The largest absolute Gasteiger partial charge is 0.462 e. The van der Waals surface area contributed by atoms with Crippen LogP contribution < -0.4 is 0 Å². The molecule has 2 aliphatic rings. The van der Waals surface area contributed by atoms with E-state index in [1.807, 2.05) is 0 Å². The molecule has 0 amide bonds. The van der Waals surface area contributed by atoms with Crippen molar-refractivity contribution in [2.24, 2.45) is 11.8 Å². The summed E-state index contributed by atoms with van der Waals surface area (Å²) in [4.78, 5) is 12.2. The average molecular weight is 545 g/mol. The van der Waals surface area contributed by atoms with E-state index in [-0.39, 0.29) is 52.1 Å². The molecule has 0 spiro atoms. The molecular weight excluding hydrogens is 493 g/mol. The van der Waals surface area contributed by atoms with Gasteiger partial charge in [-0.2, -0.15) is 0 Å². The molecule has 3 rings (SSSR count). The quantitative estimate of drug-likeness (QED) is 0.187. The first-order valence-electron chi connectivity index (χ1n) is 14.1. The normalized spacial score (nSPS) is 26.9. The van der Waals surface area contributed by atoms with Crippen molar-refractivity contribution in [3.05, 3.63) is 47.5 Å². The van der Waals surface area contributed by atoms with Gasteiger partial charge in [0.25, 0.3) is 0 Å². The molecule has 6 heteroatoms. The summed E-state index contributed by atoms with van der Waals surface area (Å²) in [6.07, 6.45) is 5.89. The Bertz CT molecular complexity index is 986. The van der Waals surface area contributed by atoms with E-state index in [1.165, 1.54) is 11.1 Å². The second-order valence-corrected chi connectivity index (χ2v) is 24.1. The van der Waals surface area contributed by atoms with Gasteiger partial charge in [0.15, 0.2) is 16.6 Å². The van der Waals surface area contributed by atoms with Gasteiger partial charge in [-0.15, -0.1) is 0 Å². The van der Waals surface area contributed by atoms with Gasteiger partial charge < -0.3 is 13.6 Å². The summed E-state index contributed by atoms with van der Waals surface area (Å²) in [6.45, 7) is 27.5. The predicted molar refractivity (Wildman–Crippen MR) is 159 cm³/mol. The number of carbonyl (C=O) groups is 1. The van der Waals surface area contributed by atoms with Crippen LogP contribution in [0.15, 0.2) is 36.4 Å². The molecule has 1 unspecified atom stereocenters. The number of ether oxygens (including phenoxy) is 1. The topological polar surface area (TPSA) is 44.8 Å². The molecule has 1 aliphatic carbocycles. The first kappa shape index (κ1) is 30.3. The lowest BCUT2D eigenvalue weighted by atomic mass is 9.89. The number of fused-ring (bicyclic) bond motifs is 1. The molecule has 0 aromatic heterocycles. The van der Waals surface area contributed by atoms with Crippen molar-refractivity contribution in [2.45, 2.75) is 129 Å². The molecule has 4 nitrogen and oxygen atoms in total. The van der Waals surface area contributed by atoms with Gasteiger partial charge in [-0.3, -0.25) is 4.79 Å². The Hall–Kier alpha value is -1.22. The molecule has 1 aromatic carbocycles. The van der Waals surface area contributed by atoms with Crippen LogP contribution in [0.25, 0.3) is 0 Å². The molecule has 0 bridgehead atoms. The van der Waals surface area contributed by atoms with Crippen molar-refractivity contribution in [3.8, 4) is 0 Å². The monoisotopic (exact) mass is 544 g/mol. The van der Waals surface area contributed by atoms with Gasteiger partial charge >= 0.3 is 5.97 Å². The maximum atomic E-state index is 12.2. The van der Waals surface area contributed by atoms with Crippen LogP contribution >= 0.6 is 0 Å². The second-order valence-electron chi connectivity index (χ2n) is 14.6. The van der Waals surface area contributed by atoms with Crippen LogP contribution in [-0.2, 0) is 18.4 Å². The van der Waals surface area contributed by atoms with Crippen molar-refractivity contribution >= 4 is 22.6 Å². The van der Waals surface area contributed by atoms with E-state index in [9.17, 15) is 4.79 Å². The van der Waals surface area contributed by atoms with Crippen LogP contribution in [0.3, 0.4) is 0 Å². The van der Waals surface area contributed by atoms with Gasteiger partial charge in [0.2, 0.25) is 0 Å². The first-order valence-corrected chi connectivity index (χ1v) is 19.9. The number of aryl methyl sites for hydroxylation is 1. The Morgan fingerprint density at radius 3 is 2.22 bits per heavy atom. The van der Waals surface area contributed by atoms with Crippen molar-refractivity contribution in [2.75, 3.05) is 0 Å². The van der Waals surface area contributed by atoms with Gasteiger partial charge in [0.05, 0.1) is 18.6 Å². The lowest BCUT2D eigenvalue weighted by Crippen LogP contribution is -2.45. The molecule has 0 N–H and O–H groups in total. The fraction of sp³-hybridized carbons (Fsp3) is 0.710.